The number of aliphatic hydroxyl groups excluding tert-OH is 1. The normalized spacial score (nSPS) is 14.6. The molecule has 36 heavy (non-hydrogen) atoms. The fraction of sp³-hybridized carbons (Fsp3) is 0.296. The second-order valence-corrected chi connectivity index (χ2v) is 8.71. The zero-order chi connectivity index (χ0) is 25.7. The molecule has 2 amide bonds. The Morgan fingerprint density at radius 3 is 2.22 bits per heavy atom. The molecule has 0 aromatic heterocycles. The number of carbonyl (C=O) groups is 3. The van der Waals surface area contributed by atoms with Crippen LogP contribution in [0.15, 0.2) is 66.7 Å². The topological polar surface area (TPSA) is 111 Å². The summed E-state index contributed by atoms with van der Waals surface area (Å²) in [5.74, 6) is -0.925. The molecule has 2 N–H and O–H groups in total. The number of phenols is 1. The minimum absolute atomic E-state index is 0.138. The highest BCUT2D eigenvalue weighted by molar-refractivity contribution is 5.99. The first-order valence-electron chi connectivity index (χ1n) is 11.8. The van der Waals surface area contributed by atoms with Gasteiger partial charge in [-0.1, -0.05) is 42.5 Å². The van der Waals surface area contributed by atoms with Gasteiger partial charge in [-0.25, -0.2) is 0 Å². The van der Waals surface area contributed by atoms with Crippen LogP contribution in [0.5, 0.6) is 5.75 Å². The van der Waals surface area contributed by atoms with Crippen molar-refractivity contribution < 1.29 is 29.4 Å². The molecule has 3 aromatic rings. The Bertz CT molecular complexity index is 1240. The Kier molecular flexibility index (Phi) is 7.82. The third-order valence-corrected chi connectivity index (χ3v) is 6.18. The zero-order valence-corrected chi connectivity index (χ0v) is 20.0. The summed E-state index contributed by atoms with van der Waals surface area (Å²) in [6.45, 7) is 2.13. The van der Waals surface area contributed by atoms with E-state index in [4.69, 9.17) is 4.84 Å². The number of phenolic OH excluding ortho intramolecular Hbond substituents is 1. The molecule has 0 unspecified atom stereocenters. The van der Waals surface area contributed by atoms with Gasteiger partial charge >= 0.3 is 5.97 Å². The van der Waals surface area contributed by atoms with Crippen LogP contribution in [0.25, 0.3) is 10.8 Å². The second-order valence-electron chi connectivity index (χ2n) is 8.71. The van der Waals surface area contributed by atoms with Crippen LogP contribution in [-0.4, -0.2) is 81.7 Å². The van der Waals surface area contributed by atoms with Crippen LogP contribution in [0, 0.1) is 0 Å². The van der Waals surface area contributed by atoms with Gasteiger partial charge in [0.2, 0.25) is 5.91 Å². The van der Waals surface area contributed by atoms with Crippen LogP contribution in [0.3, 0.4) is 0 Å². The first kappa shape index (κ1) is 25.2. The number of nitrogens with zero attached hydrogens (tertiary/aromatic N) is 3. The lowest BCUT2D eigenvalue weighted by atomic mass is 10.1. The smallest absolute Gasteiger partial charge is 0.322 e. The predicted molar refractivity (Wildman–Crippen MR) is 133 cm³/mol. The van der Waals surface area contributed by atoms with Crippen molar-refractivity contribution in [3.8, 4) is 5.75 Å². The van der Waals surface area contributed by atoms with Gasteiger partial charge in [0.25, 0.3) is 5.91 Å². The van der Waals surface area contributed by atoms with Crippen LogP contribution in [0.4, 0.5) is 0 Å². The van der Waals surface area contributed by atoms with Crippen LogP contribution in [0.2, 0.25) is 0 Å². The largest absolute Gasteiger partial charge is 0.508 e. The molecule has 188 valence electrons. The van der Waals surface area contributed by atoms with Gasteiger partial charge in [-0.2, -0.15) is 0 Å². The van der Waals surface area contributed by atoms with Gasteiger partial charge in [0.1, 0.15) is 11.8 Å². The molecule has 1 aliphatic rings. The molecule has 9 heteroatoms. The summed E-state index contributed by atoms with van der Waals surface area (Å²) in [6.07, 6.45) is 0. The van der Waals surface area contributed by atoms with Crippen LogP contribution >= 0.6 is 0 Å². The Morgan fingerprint density at radius 2 is 1.56 bits per heavy atom. The highest BCUT2D eigenvalue weighted by Gasteiger charge is 2.34. The van der Waals surface area contributed by atoms with Gasteiger partial charge in [0.15, 0.2) is 0 Å². The van der Waals surface area contributed by atoms with E-state index in [2.05, 4.69) is 0 Å². The van der Waals surface area contributed by atoms with E-state index in [1.54, 1.807) is 46.2 Å². The van der Waals surface area contributed by atoms with Crippen molar-refractivity contribution in [1.29, 1.82) is 0 Å². The average molecular weight is 492 g/mol. The molecular weight excluding hydrogens is 462 g/mol. The van der Waals surface area contributed by atoms with Crippen molar-refractivity contribution >= 4 is 28.6 Å². The number of rotatable bonds is 7. The molecule has 1 heterocycles. The molecule has 0 radical (unpaired) electrons. The van der Waals surface area contributed by atoms with Gasteiger partial charge in [-0.15, -0.1) is 5.06 Å². The number of benzene rings is 3. The number of fused-ring (bicyclic) bond motifs is 1. The van der Waals surface area contributed by atoms with E-state index in [-0.39, 0.29) is 24.1 Å². The first-order valence-corrected chi connectivity index (χ1v) is 11.8. The lowest BCUT2D eigenvalue weighted by Gasteiger charge is -2.38. The zero-order valence-electron chi connectivity index (χ0n) is 20.0. The van der Waals surface area contributed by atoms with Gasteiger partial charge < -0.3 is 24.9 Å². The monoisotopic (exact) mass is 491 g/mol. The predicted octanol–water partition coefficient (Wildman–Crippen LogP) is 2.17. The van der Waals surface area contributed by atoms with E-state index in [0.29, 0.717) is 31.7 Å². The number of amides is 2. The average Bonchev–Trinajstić information content (AvgIpc) is 2.88. The van der Waals surface area contributed by atoms with Crippen molar-refractivity contribution in [2.24, 2.45) is 0 Å². The van der Waals surface area contributed by atoms with Crippen LogP contribution < -0.4 is 0 Å². The highest BCUT2D eigenvalue weighted by Crippen LogP contribution is 2.22. The number of carbonyl (C=O) groups excluding carboxylic acids is 3. The number of hydroxylamine groups is 2. The summed E-state index contributed by atoms with van der Waals surface area (Å²) in [4.78, 5) is 46.6. The number of hydrogen-bond donors (Lipinski definition) is 2. The lowest BCUT2D eigenvalue weighted by molar-refractivity contribution is -0.209. The Hall–Kier alpha value is -3.95. The van der Waals surface area contributed by atoms with Crippen molar-refractivity contribution in [1.82, 2.24) is 14.9 Å². The molecule has 0 saturated carbocycles. The summed E-state index contributed by atoms with van der Waals surface area (Å²) in [6, 6.07) is 18.5. The SMILES string of the molecule is CC(=O)ON(Cc1ccccc1)[C@H](CO)C(=O)N1CCN(C(=O)c2ccc3cc(O)ccc3c2)CC1. The van der Waals surface area contributed by atoms with E-state index in [9.17, 15) is 24.6 Å². The molecular formula is C27H29N3O6. The summed E-state index contributed by atoms with van der Waals surface area (Å²) in [7, 11) is 0. The van der Waals surface area contributed by atoms with Crippen molar-refractivity contribution in [3.05, 3.63) is 77.9 Å². The van der Waals surface area contributed by atoms with E-state index < -0.39 is 18.6 Å². The molecule has 0 bridgehead atoms. The number of hydrogen-bond acceptors (Lipinski definition) is 7. The van der Waals surface area contributed by atoms with Crippen molar-refractivity contribution in [2.75, 3.05) is 32.8 Å². The molecule has 9 nitrogen and oxygen atoms in total. The van der Waals surface area contributed by atoms with Gasteiger partial charge in [0, 0.05) is 38.7 Å². The second kappa shape index (κ2) is 11.2. The van der Waals surface area contributed by atoms with Crippen LogP contribution in [0.1, 0.15) is 22.8 Å². The molecule has 1 saturated heterocycles. The molecule has 0 spiro atoms. The third-order valence-electron chi connectivity index (χ3n) is 6.18. The van der Waals surface area contributed by atoms with Crippen LogP contribution in [-0.2, 0) is 21.0 Å². The Balaban J connectivity index is 1.41. The summed E-state index contributed by atoms with van der Waals surface area (Å²) in [5.41, 5.74) is 1.36. The minimum Gasteiger partial charge on any atom is -0.508 e. The van der Waals surface area contributed by atoms with E-state index in [1.807, 2.05) is 30.3 Å². The molecule has 0 aliphatic carbocycles. The lowest BCUT2D eigenvalue weighted by Crippen LogP contribution is -2.56. The summed E-state index contributed by atoms with van der Waals surface area (Å²) >= 11 is 0. The summed E-state index contributed by atoms with van der Waals surface area (Å²) < 4.78 is 0. The maximum absolute atomic E-state index is 13.3. The quantitative estimate of drug-likeness (QED) is 0.488. The van der Waals surface area contributed by atoms with Gasteiger partial charge in [-0.3, -0.25) is 14.4 Å². The van der Waals surface area contributed by atoms with E-state index >= 15 is 0 Å². The number of aromatic hydroxyl groups is 1. The summed E-state index contributed by atoms with van der Waals surface area (Å²) in [5, 5.41) is 22.6. The number of aliphatic hydroxyl groups is 1. The van der Waals surface area contributed by atoms with Crippen molar-refractivity contribution in [3.63, 3.8) is 0 Å². The standard InChI is InChI=1S/C27H29N3O6/c1-19(32)36-30(17-20-5-3-2-4-6-20)25(18-31)27(35)29-13-11-28(12-14-29)26(34)23-8-7-22-16-24(33)10-9-21(22)15-23/h2-10,15-16,25,31,33H,11-14,17-18H2,1H3/t25-/m1/s1. The van der Waals surface area contributed by atoms with E-state index in [1.165, 1.54) is 12.0 Å². The van der Waals surface area contributed by atoms with Gasteiger partial charge in [-0.05, 0) is 40.6 Å². The highest BCUT2D eigenvalue weighted by atomic mass is 16.7. The fourth-order valence-corrected chi connectivity index (χ4v) is 4.32. The van der Waals surface area contributed by atoms with E-state index in [0.717, 1.165) is 16.3 Å². The fourth-order valence-electron chi connectivity index (χ4n) is 4.32. The molecule has 1 aliphatic heterocycles. The van der Waals surface area contributed by atoms with Crippen molar-refractivity contribution in [2.45, 2.75) is 19.5 Å². The Labute approximate surface area is 209 Å². The molecule has 4 rings (SSSR count). The first-order chi connectivity index (χ1) is 17.4. The number of piperazine rings is 1. The Morgan fingerprint density at radius 1 is 0.917 bits per heavy atom. The third kappa shape index (κ3) is 5.81. The molecule has 1 atom stereocenters. The molecule has 3 aromatic carbocycles. The maximum atomic E-state index is 13.3. The van der Waals surface area contributed by atoms with Gasteiger partial charge in [0.05, 0.1) is 13.2 Å². The molecule has 1 fully saturated rings. The minimum atomic E-state index is -1.06. The maximum Gasteiger partial charge on any atom is 0.322 e.